The fourth-order valence-corrected chi connectivity index (χ4v) is 8.34. The minimum Gasteiger partial charge on any atom is -0.497 e. The number of carboxylic acids is 1. The van der Waals surface area contributed by atoms with Gasteiger partial charge in [0.2, 0.25) is 0 Å². The highest BCUT2D eigenvalue weighted by molar-refractivity contribution is 6.74. The number of carboxylic acid groups (broad SMARTS) is 1. The number of carbonyl (C=O) groups is 2. The van der Waals surface area contributed by atoms with E-state index >= 15 is 0 Å². The number of hydrogen-bond donors (Lipinski definition) is 2. The van der Waals surface area contributed by atoms with Gasteiger partial charge in [-0.15, -0.1) is 0 Å². The summed E-state index contributed by atoms with van der Waals surface area (Å²) in [6.45, 7) is 10.3. The Bertz CT molecular complexity index is 2180. The lowest BCUT2D eigenvalue weighted by atomic mass is 9.80. The van der Waals surface area contributed by atoms with Gasteiger partial charge in [0.05, 0.1) is 39.5 Å². The summed E-state index contributed by atoms with van der Waals surface area (Å²) in [5.74, 6) is -0.828. The topological polar surface area (TPSA) is 147 Å². The van der Waals surface area contributed by atoms with Gasteiger partial charge in [-0.25, -0.2) is 4.79 Å². The molecule has 13 heteroatoms. The first-order chi connectivity index (χ1) is 27.7. The lowest BCUT2D eigenvalue weighted by molar-refractivity contribution is -0.140. The summed E-state index contributed by atoms with van der Waals surface area (Å²) in [6, 6.07) is 35.1. The van der Waals surface area contributed by atoms with Gasteiger partial charge in [0.1, 0.15) is 22.9 Å². The van der Waals surface area contributed by atoms with E-state index in [2.05, 4.69) is 44.2 Å². The highest BCUT2D eigenvalue weighted by atomic mass is 28.4. The Hall–Kier alpha value is -5.60. The average Bonchev–Trinajstić information content (AvgIpc) is 3.53. The number of carbonyl (C=O) groups excluding carboxylic acids is 1. The second kappa shape index (κ2) is 17.5. The monoisotopic (exact) mass is 805 g/mol. The van der Waals surface area contributed by atoms with E-state index in [0.29, 0.717) is 17.1 Å². The third-order valence-electron chi connectivity index (χ3n) is 11.2. The van der Waals surface area contributed by atoms with E-state index in [9.17, 15) is 19.5 Å². The fourth-order valence-electron chi connectivity index (χ4n) is 7.01. The molecule has 0 spiro atoms. The number of nitrogens with one attached hydrogen (secondary N) is 1. The Morgan fingerprint density at radius 1 is 0.810 bits per heavy atom. The second-order valence-corrected chi connectivity index (χ2v) is 20.6. The average molecular weight is 806 g/mol. The van der Waals surface area contributed by atoms with Gasteiger partial charge in [-0.1, -0.05) is 93.6 Å². The first-order valence-corrected chi connectivity index (χ1v) is 22.1. The van der Waals surface area contributed by atoms with Gasteiger partial charge in [0.15, 0.2) is 14.5 Å². The Morgan fingerprint density at radius 3 is 1.84 bits per heavy atom. The van der Waals surface area contributed by atoms with Gasteiger partial charge in [0.25, 0.3) is 5.91 Å². The molecule has 304 valence electrons. The molecule has 1 fully saturated rings. The molecular weight excluding hydrogens is 755 g/mol. The number of anilines is 1. The number of hydrogen-bond acceptors (Lipinski definition) is 9. The molecule has 1 saturated heterocycles. The molecule has 5 aromatic rings. The predicted molar refractivity (Wildman–Crippen MR) is 223 cm³/mol. The van der Waals surface area contributed by atoms with Crippen LogP contribution in [0.15, 0.2) is 126 Å². The number of aromatic nitrogens is 2. The summed E-state index contributed by atoms with van der Waals surface area (Å²) in [7, 11) is 0.588. The van der Waals surface area contributed by atoms with Gasteiger partial charge in [-0.3, -0.25) is 14.2 Å². The maximum Gasteiger partial charge on any atom is 0.351 e. The van der Waals surface area contributed by atoms with Crippen molar-refractivity contribution in [2.24, 2.45) is 5.92 Å². The number of rotatable bonds is 15. The predicted octanol–water partition coefficient (Wildman–Crippen LogP) is 7.90. The van der Waals surface area contributed by atoms with E-state index < -0.39 is 55.8 Å². The molecule has 4 atom stereocenters. The number of amides is 1. The van der Waals surface area contributed by atoms with Crippen molar-refractivity contribution in [3.05, 3.63) is 154 Å². The zero-order valence-electron chi connectivity index (χ0n) is 33.9. The van der Waals surface area contributed by atoms with Crippen LogP contribution in [0.3, 0.4) is 0 Å². The van der Waals surface area contributed by atoms with E-state index in [1.54, 1.807) is 44.6 Å². The fraction of sp³-hybridized carbons (Fsp3) is 0.333. The van der Waals surface area contributed by atoms with Crippen LogP contribution in [-0.4, -0.2) is 67.9 Å². The molecule has 2 N–H and O–H groups in total. The number of aliphatic carboxylic acids is 1. The first-order valence-electron chi connectivity index (χ1n) is 19.2. The molecule has 0 unspecified atom stereocenters. The summed E-state index contributed by atoms with van der Waals surface area (Å²) in [5.41, 5.74) is 0.878. The smallest absolute Gasteiger partial charge is 0.351 e. The van der Waals surface area contributed by atoms with Crippen molar-refractivity contribution in [3.63, 3.8) is 0 Å². The molecule has 0 aliphatic carbocycles. The highest BCUT2D eigenvalue weighted by Crippen LogP contribution is 2.47. The lowest BCUT2D eigenvalue weighted by Crippen LogP contribution is -2.48. The van der Waals surface area contributed by atoms with Gasteiger partial charge in [0, 0.05) is 17.7 Å². The van der Waals surface area contributed by atoms with Gasteiger partial charge in [-0.05, 0) is 77.3 Å². The zero-order chi connectivity index (χ0) is 41.7. The van der Waals surface area contributed by atoms with Crippen molar-refractivity contribution in [1.82, 2.24) is 9.55 Å². The second-order valence-electron chi connectivity index (χ2n) is 15.8. The number of nitrogens with zero attached hydrogens (tertiary/aromatic N) is 2. The van der Waals surface area contributed by atoms with Crippen LogP contribution in [0.2, 0.25) is 18.1 Å². The molecule has 58 heavy (non-hydrogen) atoms. The normalized spacial score (nSPS) is 18.4. The first kappa shape index (κ1) is 42.0. The van der Waals surface area contributed by atoms with Crippen molar-refractivity contribution in [1.29, 1.82) is 0 Å². The third-order valence-corrected chi connectivity index (χ3v) is 15.6. The Balaban J connectivity index is 1.43. The largest absolute Gasteiger partial charge is 0.497 e. The Morgan fingerprint density at radius 2 is 1.34 bits per heavy atom. The standard InChI is InChI=1S/C45H51N3O9Si/c1-44(2,3)58(6,7)57-40-36(28-39(49)50)37(56-42(40)48-27-26-38(47-43(48)52)46-41(51)30-14-10-8-11-15-30)29-55-45(31-16-12-9-13-17-31,32-18-22-34(53-4)23-19-32)33-20-24-35(54-5)25-21-33/h8-27,36-37,40,42H,28-29H2,1-7H3,(H,49,50)(H,46,47,51,52)/t36-,37-,40-,42-/m1/s1. The molecule has 1 aliphatic heterocycles. The third kappa shape index (κ3) is 8.92. The molecule has 1 amide bonds. The van der Waals surface area contributed by atoms with E-state index in [4.69, 9.17) is 23.4 Å². The molecule has 0 saturated carbocycles. The molecule has 2 heterocycles. The van der Waals surface area contributed by atoms with Crippen LogP contribution < -0.4 is 20.5 Å². The van der Waals surface area contributed by atoms with Gasteiger partial charge < -0.3 is 33.8 Å². The van der Waals surface area contributed by atoms with Crippen molar-refractivity contribution in [2.45, 2.75) is 69.4 Å². The summed E-state index contributed by atoms with van der Waals surface area (Å²) >= 11 is 0. The van der Waals surface area contributed by atoms with E-state index in [1.807, 2.05) is 78.9 Å². The molecule has 0 bridgehead atoms. The molecule has 0 radical (unpaired) electrons. The lowest BCUT2D eigenvalue weighted by Gasteiger charge is -2.41. The SMILES string of the molecule is COc1ccc(C(OC[C@H]2O[C@@H](n3ccc(NC(=O)c4ccccc4)nc3=O)[C@H](O[Si](C)(C)C(C)(C)C)[C@@H]2CC(=O)O)(c2ccccc2)c2ccc(OC)cc2)cc1. The number of ether oxygens (including phenoxy) is 4. The molecule has 12 nitrogen and oxygen atoms in total. The van der Waals surface area contributed by atoms with Gasteiger partial charge in [-0.2, -0.15) is 4.98 Å². The number of benzene rings is 4. The number of methoxy groups -OCH3 is 2. The van der Waals surface area contributed by atoms with Crippen molar-refractivity contribution < 1.29 is 38.1 Å². The van der Waals surface area contributed by atoms with Crippen LogP contribution in [0.25, 0.3) is 0 Å². The molecular formula is C45H51N3O9Si. The van der Waals surface area contributed by atoms with E-state index in [-0.39, 0.29) is 23.9 Å². The maximum absolute atomic E-state index is 13.9. The summed E-state index contributed by atoms with van der Waals surface area (Å²) < 4.78 is 33.3. The summed E-state index contributed by atoms with van der Waals surface area (Å²) in [4.78, 5) is 43.6. The van der Waals surface area contributed by atoms with Crippen LogP contribution in [0.4, 0.5) is 5.82 Å². The molecule has 1 aliphatic rings. The van der Waals surface area contributed by atoms with Gasteiger partial charge >= 0.3 is 11.7 Å². The molecule has 4 aromatic carbocycles. The molecule has 6 rings (SSSR count). The summed E-state index contributed by atoms with van der Waals surface area (Å²) in [5, 5.41) is 12.8. The Kier molecular flexibility index (Phi) is 12.7. The summed E-state index contributed by atoms with van der Waals surface area (Å²) in [6.07, 6.45) is -1.63. The van der Waals surface area contributed by atoms with Crippen LogP contribution in [0, 0.1) is 5.92 Å². The van der Waals surface area contributed by atoms with Crippen molar-refractivity contribution in [2.75, 3.05) is 26.1 Å². The highest BCUT2D eigenvalue weighted by Gasteiger charge is 2.52. The Labute approximate surface area is 339 Å². The molecule has 1 aromatic heterocycles. The van der Waals surface area contributed by atoms with Crippen LogP contribution in [0.5, 0.6) is 11.5 Å². The quantitative estimate of drug-likeness (QED) is 0.0791. The van der Waals surface area contributed by atoms with Crippen molar-refractivity contribution >= 4 is 26.0 Å². The zero-order valence-corrected chi connectivity index (χ0v) is 34.9. The van der Waals surface area contributed by atoms with Crippen LogP contribution in [-0.2, 0) is 24.3 Å². The van der Waals surface area contributed by atoms with E-state index in [1.165, 1.54) is 16.8 Å². The maximum atomic E-state index is 13.9. The van der Waals surface area contributed by atoms with Crippen LogP contribution in [0.1, 0.15) is 60.5 Å². The van der Waals surface area contributed by atoms with Crippen LogP contribution >= 0.6 is 0 Å². The van der Waals surface area contributed by atoms with E-state index in [0.717, 1.165) is 16.7 Å². The minimum absolute atomic E-state index is 0.0589. The van der Waals surface area contributed by atoms with Crippen molar-refractivity contribution in [3.8, 4) is 11.5 Å². The minimum atomic E-state index is -2.62.